The Balaban J connectivity index is 2.28. The number of nitrogens with two attached hydrogens (primary N) is 1. The first-order chi connectivity index (χ1) is 9.52. The molecule has 2 aromatic rings. The zero-order valence-corrected chi connectivity index (χ0v) is 13.6. The molecule has 0 radical (unpaired) electrons. The van der Waals surface area contributed by atoms with Crippen molar-refractivity contribution in [3.05, 3.63) is 67.6 Å². The van der Waals surface area contributed by atoms with E-state index in [4.69, 9.17) is 52.1 Å². The molecule has 106 valence electrons. The van der Waals surface area contributed by atoms with Gasteiger partial charge in [0.2, 0.25) is 0 Å². The minimum atomic E-state index is 0.112. The lowest BCUT2D eigenvalue weighted by Gasteiger charge is -2.17. The summed E-state index contributed by atoms with van der Waals surface area (Å²) in [5, 5.41) is 2.19. The Morgan fingerprint density at radius 1 is 0.900 bits per heavy atom. The van der Waals surface area contributed by atoms with Crippen molar-refractivity contribution in [3.8, 4) is 0 Å². The third-order valence-electron chi connectivity index (χ3n) is 3.20. The van der Waals surface area contributed by atoms with Crippen molar-refractivity contribution in [3.63, 3.8) is 0 Å². The van der Waals surface area contributed by atoms with Crippen LogP contribution in [0, 0.1) is 0 Å². The molecule has 2 N–H and O–H groups in total. The predicted molar refractivity (Wildman–Crippen MR) is 88.4 cm³/mol. The molecule has 20 heavy (non-hydrogen) atoms. The maximum atomic E-state index is 6.22. The molecule has 0 aliphatic carbocycles. The van der Waals surface area contributed by atoms with Crippen molar-refractivity contribution in [2.75, 3.05) is 6.54 Å². The fourth-order valence-corrected chi connectivity index (χ4v) is 2.78. The van der Waals surface area contributed by atoms with E-state index < -0.39 is 0 Å². The van der Waals surface area contributed by atoms with Crippen LogP contribution >= 0.6 is 46.4 Å². The monoisotopic (exact) mass is 347 g/mol. The molecule has 0 bridgehead atoms. The van der Waals surface area contributed by atoms with E-state index in [1.807, 2.05) is 24.3 Å². The van der Waals surface area contributed by atoms with Gasteiger partial charge in [0, 0.05) is 5.92 Å². The standard InChI is InChI=1S/C15H13Cl4N/c16-12-5-4-9(7-14(12)18)11(8-20)6-10-2-1-3-13(17)15(10)19/h1-5,7,11H,6,8,20H2. The second-order valence-electron chi connectivity index (χ2n) is 4.52. The van der Waals surface area contributed by atoms with E-state index in [9.17, 15) is 0 Å². The fourth-order valence-electron chi connectivity index (χ4n) is 2.08. The average Bonchev–Trinajstić information content (AvgIpc) is 2.44. The summed E-state index contributed by atoms with van der Waals surface area (Å²) in [4.78, 5) is 0. The van der Waals surface area contributed by atoms with Crippen LogP contribution in [0.15, 0.2) is 36.4 Å². The zero-order valence-electron chi connectivity index (χ0n) is 10.5. The Labute approximate surface area is 138 Å². The minimum absolute atomic E-state index is 0.112. The van der Waals surface area contributed by atoms with Crippen LogP contribution in [0.5, 0.6) is 0 Å². The van der Waals surface area contributed by atoms with E-state index in [1.54, 1.807) is 12.1 Å². The van der Waals surface area contributed by atoms with E-state index in [0.29, 0.717) is 33.1 Å². The summed E-state index contributed by atoms with van der Waals surface area (Å²) in [5.74, 6) is 0.112. The first-order valence-corrected chi connectivity index (χ1v) is 7.62. The van der Waals surface area contributed by atoms with Gasteiger partial charge in [0.15, 0.2) is 0 Å². The van der Waals surface area contributed by atoms with Gasteiger partial charge in [-0.05, 0) is 42.3 Å². The summed E-state index contributed by atoms with van der Waals surface area (Å²) < 4.78 is 0. The molecule has 0 fully saturated rings. The quantitative estimate of drug-likeness (QED) is 0.766. The van der Waals surface area contributed by atoms with Crippen LogP contribution in [0.2, 0.25) is 20.1 Å². The van der Waals surface area contributed by atoms with Gasteiger partial charge in [-0.1, -0.05) is 64.6 Å². The van der Waals surface area contributed by atoms with Crippen molar-refractivity contribution in [1.82, 2.24) is 0 Å². The van der Waals surface area contributed by atoms with Gasteiger partial charge < -0.3 is 5.73 Å². The molecule has 5 heteroatoms. The van der Waals surface area contributed by atoms with Crippen LogP contribution in [0.25, 0.3) is 0 Å². The fraction of sp³-hybridized carbons (Fsp3) is 0.200. The van der Waals surface area contributed by atoms with E-state index in [1.165, 1.54) is 0 Å². The summed E-state index contributed by atoms with van der Waals surface area (Å²) in [6.45, 7) is 0.487. The smallest absolute Gasteiger partial charge is 0.0624 e. The van der Waals surface area contributed by atoms with Crippen molar-refractivity contribution in [2.45, 2.75) is 12.3 Å². The van der Waals surface area contributed by atoms with Gasteiger partial charge in [-0.25, -0.2) is 0 Å². The third kappa shape index (κ3) is 3.60. The topological polar surface area (TPSA) is 26.0 Å². The summed E-state index contributed by atoms with van der Waals surface area (Å²) in [5.41, 5.74) is 7.89. The molecule has 0 heterocycles. The van der Waals surface area contributed by atoms with E-state index in [-0.39, 0.29) is 5.92 Å². The average molecular weight is 349 g/mol. The Morgan fingerprint density at radius 2 is 1.65 bits per heavy atom. The molecule has 0 saturated carbocycles. The van der Waals surface area contributed by atoms with Crippen LogP contribution < -0.4 is 5.73 Å². The second-order valence-corrected chi connectivity index (χ2v) is 6.12. The summed E-state index contributed by atoms with van der Waals surface area (Å²) >= 11 is 24.2. The first-order valence-electron chi connectivity index (χ1n) is 6.10. The molecule has 1 atom stereocenters. The van der Waals surface area contributed by atoms with Gasteiger partial charge in [0.05, 0.1) is 20.1 Å². The molecular weight excluding hydrogens is 336 g/mol. The number of halogens is 4. The second kappa shape index (κ2) is 7.02. The van der Waals surface area contributed by atoms with Crippen LogP contribution in [0.4, 0.5) is 0 Å². The highest BCUT2D eigenvalue weighted by molar-refractivity contribution is 6.42. The Hall–Kier alpha value is -0.440. The molecule has 1 unspecified atom stereocenters. The van der Waals surface area contributed by atoms with Crippen LogP contribution in [-0.2, 0) is 6.42 Å². The SMILES string of the molecule is NCC(Cc1cccc(Cl)c1Cl)c1ccc(Cl)c(Cl)c1. The van der Waals surface area contributed by atoms with Crippen LogP contribution in [0.1, 0.15) is 17.0 Å². The Morgan fingerprint density at radius 3 is 2.30 bits per heavy atom. The molecule has 0 spiro atoms. The number of rotatable bonds is 4. The Bertz CT molecular complexity index is 613. The molecular formula is C15H13Cl4N. The maximum absolute atomic E-state index is 6.22. The molecule has 0 saturated heterocycles. The summed E-state index contributed by atoms with van der Waals surface area (Å²) in [6.07, 6.45) is 0.702. The van der Waals surface area contributed by atoms with Gasteiger partial charge in [-0.15, -0.1) is 0 Å². The molecule has 2 rings (SSSR count). The van der Waals surface area contributed by atoms with Gasteiger partial charge in [-0.3, -0.25) is 0 Å². The lowest BCUT2D eigenvalue weighted by molar-refractivity contribution is 0.694. The molecule has 1 nitrogen and oxygen atoms in total. The Kier molecular flexibility index (Phi) is 5.59. The largest absolute Gasteiger partial charge is 0.330 e. The molecule has 0 aliphatic heterocycles. The summed E-state index contributed by atoms with van der Waals surface area (Å²) in [7, 11) is 0. The van der Waals surface area contributed by atoms with E-state index in [0.717, 1.165) is 11.1 Å². The highest BCUT2D eigenvalue weighted by Gasteiger charge is 2.15. The van der Waals surface area contributed by atoms with Crippen molar-refractivity contribution in [2.24, 2.45) is 5.73 Å². The van der Waals surface area contributed by atoms with Gasteiger partial charge in [0.1, 0.15) is 0 Å². The number of hydrogen-bond acceptors (Lipinski definition) is 1. The third-order valence-corrected chi connectivity index (χ3v) is 4.79. The van der Waals surface area contributed by atoms with Crippen LogP contribution in [-0.4, -0.2) is 6.54 Å². The zero-order chi connectivity index (χ0) is 14.7. The number of hydrogen-bond donors (Lipinski definition) is 1. The van der Waals surface area contributed by atoms with E-state index >= 15 is 0 Å². The highest BCUT2D eigenvalue weighted by atomic mass is 35.5. The lowest BCUT2D eigenvalue weighted by atomic mass is 9.92. The highest BCUT2D eigenvalue weighted by Crippen LogP contribution is 2.32. The molecule has 2 aromatic carbocycles. The van der Waals surface area contributed by atoms with Gasteiger partial charge in [0.25, 0.3) is 0 Å². The van der Waals surface area contributed by atoms with Gasteiger partial charge >= 0.3 is 0 Å². The number of benzene rings is 2. The van der Waals surface area contributed by atoms with Crippen LogP contribution in [0.3, 0.4) is 0 Å². The molecule has 0 amide bonds. The lowest BCUT2D eigenvalue weighted by Crippen LogP contribution is -2.15. The van der Waals surface area contributed by atoms with Crippen molar-refractivity contribution in [1.29, 1.82) is 0 Å². The van der Waals surface area contributed by atoms with Crippen molar-refractivity contribution < 1.29 is 0 Å². The molecule has 0 aromatic heterocycles. The maximum Gasteiger partial charge on any atom is 0.0624 e. The molecule has 0 aliphatic rings. The first kappa shape index (κ1) is 15.9. The normalized spacial score (nSPS) is 12.4. The minimum Gasteiger partial charge on any atom is -0.330 e. The van der Waals surface area contributed by atoms with E-state index in [2.05, 4.69) is 0 Å². The van der Waals surface area contributed by atoms with Gasteiger partial charge in [-0.2, -0.15) is 0 Å². The van der Waals surface area contributed by atoms with Crippen molar-refractivity contribution >= 4 is 46.4 Å². The predicted octanol–water partition coefficient (Wildman–Crippen LogP) is 5.59. The summed E-state index contributed by atoms with van der Waals surface area (Å²) in [6, 6.07) is 11.2.